The third kappa shape index (κ3) is 18.3. The molecule has 0 aromatic carbocycles. The third-order valence-corrected chi connectivity index (χ3v) is 7.75. The van der Waals surface area contributed by atoms with Crippen molar-refractivity contribution in [1.82, 2.24) is 0 Å². The lowest BCUT2D eigenvalue weighted by atomic mass is 9.85. The summed E-state index contributed by atoms with van der Waals surface area (Å²) in [6.45, 7) is 11.4. The molecule has 0 saturated heterocycles. The number of methoxy groups -OCH3 is 2. The van der Waals surface area contributed by atoms with Gasteiger partial charge in [-0.2, -0.15) is 0 Å². The Morgan fingerprint density at radius 1 is 0.625 bits per heavy atom. The summed E-state index contributed by atoms with van der Waals surface area (Å²) in [4.78, 5) is 23.1. The Morgan fingerprint density at radius 3 is 1.27 bits per heavy atom. The Morgan fingerprint density at radius 2 is 0.950 bits per heavy atom. The molecule has 0 spiro atoms. The molecule has 8 heteroatoms. The molecule has 0 radical (unpaired) electrons. The van der Waals surface area contributed by atoms with E-state index in [1.807, 2.05) is 41.5 Å². The van der Waals surface area contributed by atoms with Gasteiger partial charge in [-0.15, -0.1) is 0 Å². The predicted octanol–water partition coefficient (Wildman–Crippen LogP) is 6.10. The van der Waals surface area contributed by atoms with Crippen molar-refractivity contribution in [3.63, 3.8) is 0 Å². The molecule has 40 heavy (non-hydrogen) atoms. The number of hydrogen-bond donors (Lipinski definition) is 2. The first-order chi connectivity index (χ1) is 18.6. The van der Waals surface area contributed by atoms with Crippen molar-refractivity contribution < 1.29 is 33.6 Å². The zero-order chi connectivity index (χ0) is 30.3. The van der Waals surface area contributed by atoms with Crippen LogP contribution >= 0.6 is 0 Å². The SMILES string of the molecule is CC(C)(C)OC(=O)CC1CCC(O)CC1.COC1CCC(CC(=O)OC(C)(C)C)CC1.COC1CCC(N)CC1. The maximum Gasteiger partial charge on any atom is 0.306 e. The zero-order valence-electron chi connectivity index (χ0n) is 26.8. The highest BCUT2D eigenvalue weighted by Crippen LogP contribution is 2.29. The summed E-state index contributed by atoms with van der Waals surface area (Å²) in [5.74, 6) is 0.724. The standard InChI is InChI=1S/C13H24O3.C12H22O3.C7H15NO/c1-13(2,3)16-12(14)9-10-5-7-11(15-4)8-6-10;1-12(2,3)15-11(14)8-9-4-6-10(13)7-5-9;1-9-7-4-2-6(8)3-5-7/h10-11H,5-9H2,1-4H3;9-10,13H,4-8H2,1-3H3;6-7H,2-5,8H2,1H3. The normalized spacial score (nSPS) is 29.1. The van der Waals surface area contributed by atoms with E-state index in [-0.39, 0.29) is 29.2 Å². The summed E-state index contributed by atoms with van der Waals surface area (Å²) in [5, 5.41) is 9.33. The second-order valence-corrected chi connectivity index (χ2v) is 13.9. The van der Waals surface area contributed by atoms with E-state index in [0.717, 1.165) is 77.0 Å². The maximum atomic E-state index is 11.6. The summed E-state index contributed by atoms with van der Waals surface area (Å²) < 4.78 is 21.1. The van der Waals surface area contributed by atoms with Gasteiger partial charge in [-0.25, -0.2) is 0 Å². The Kier molecular flexibility index (Phi) is 16.9. The van der Waals surface area contributed by atoms with E-state index in [2.05, 4.69) is 0 Å². The molecule has 0 bridgehead atoms. The van der Waals surface area contributed by atoms with E-state index in [4.69, 9.17) is 24.7 Å². The van der Waals surface area contributed by atoms with Gasteiger partial charge in [0.25, 0.3) is 0 Å². The first kappa shape index (κ1) is 36.8. The Labute approximate surface area is 244 Å². The van der Waals surface area contributed by atoms with Gasteiger partial charge in [0, 0.05) is 33.1 Å². The van der Waals surface area contributed by atoms with E-state index in [9.17, 15) is 14.7 Å². The Balaban J connectivity index is 0.000000311. The predicted molar refractivity (Wildman–Crippen MR) is 159 cm³/mol. The van der Waals surface area contributed by atoms with E-state index in [0.29, 0.717) is 42.9 Å². The van der Waals surface area contributed by atoms with E-state index in [1.54, 1.807) is 14.2 Å². The number of rotatable bonds is 6. The van der Waals surface area contributed by atoms with E-state index < -0.39 is 0 Å². The number of esters is 2. The van der Waals surface area contributed by atoms with Crippen LogP contribution in [0.15, 0.2) is 0 Å². The average molecular weight is 572 g/mol. The molecule has 0 aliphatic heterocycles. The molecule has 3 fully saturated rings. The maximum absolute atomic E-state index is 11.6. The molecule has 3 aliphatic rings. The molecular weight excluding hydrogens is 510 g/mol. The first-order valence-corrected chi connectivity index (χ1v) is 15.5. The number of carbonyl (C=O) groups excluding carboxylic acids is 2. The Bertz CT molecular complexity index is 691. The lowest BCUT2D eigenvalue weighted by Gasteiger charge is -2.28. The summed E-state index contributed by atoms with van der Waals surface area (Å²) >= 11 is 0. The summed E-state index contributed by atoms with van der Waals surface area (Å²) in [7, 11) is 3.54. The molecule has 3 saturated carbocycles. The van der Waals surface area contributed by atoms with Crippen LogP contribution in [0.3, 0.4) is 0 Å². The van der Waals surface area contributed by atoms with Gasteiger partial charge >= 0.3 is 11.9 Å². The average Bonchev–Trinajstić information content (AvgIpc) is 2.85. The van der Waals surface area contributed by atoms with Crippen molar-refractivity contribution in [3.05, 3.63) is 0 Å². The number of hydrogen-bond acceptors (Lipinski definition) is 8. The van der Waals surface area contributed by atoms with E-state index in [1.165, 1.54) is 0 Å². The van der Waals surface area contributed by atoms with Crippen molar-refractivity contribution >= 4 is 11.9 Å². The zero-order valence-corrected chi connectivity index (χ0v) is 26.8. The fourth-order valence-corrected chi connectivity index (χ4v) is 5.48. The van der Waals surface area contributed by atoms with Crippen LogP contribution in [0, 0.1) is 11.8 Å². The summed E-state index contributed by atoms with van der Waals surface area (Å²) in [6.07, 6.45) is 14.2. The van der Waals surface area contributed by atoms with Crippen LogP contribution in [0.4, 0.5) is 0 Å². The van der Waals surface area contributed by atoms with Crippen LogP contribution in [-0.4, -0.2) is 66.8 Å². The molecule has 8 nitrogen and oxygen atoms in total. The number of aliphatic hydroxyl groups is 1. The monoisotopic (exact) mass is 571 g/mol. The fraction of sp³-hybridized carbons (Fsp3) is 0.938. The molecule has 3 aliphatic carbocycles. The second kappa shape index (κ2) is 18.3. The fourth-order valence-electron chi connectivity index (χ4n) is 5.48. The highest BCUT2D eigenvalue weighted by Gasteiger charge is 2.26. The van der Waals surface area contributed by atoms with Crippen LogP contribution in [0.2, 0.25) is 0 Å². The van der Waals surface area contributed by atoms with Crippen molar-refractivity contribution in [1.29, 1.82) is 0 Å². The molecule has 0 unspecified atom stereocenters. The minimum Gasteiger partial charge on any atom is -0.460 e. The number of carbonyl (C=O) groups is 2. The lowest BCUT2D eigenvalue weighted by Crippen LogP contribution is -2.29. The summed E-state index contributed by atoms with van der Waals surface area (Å²) in [6, 6.07) is 0.441. The number of nitrogens with two attached hydrogens (primary N) is 1. The Hall–Kier alpha value is -1.22. The summed E-state index contributed by atoms with van der Waals surface area (Å²) in [5.41, 5.74) is 4.95. The number of ether oxygens (including phenoxy) is 4. The van der Waals surface area contributed by atoms with Crippen LogP contribution < -0.4 is 5.73 Å². The van der Waals surface area contributed by atoms with Crippen LogP contribution in [0.25, 0.3) is 0 Å². The molecule has 0 amide bonds. The quantitative estimate of drug-likeness (QED) is 0.368. The smallest absolute Gasteiger partial charge is 0.306 e. The van der Waals surface area contributed by atoms with Crippen LogP contribution in [0.1, 0.15) is 131 Å². The minimum absolute atomic E-state index is 0.0617. The van der Waals surface area contributed by atoms with Crippen molar-refractivity contribution in [2.75, 3.05) is 14.2 Å². The van der Waals surface area contributed by atoms with Gasteiger partial charge in [0.15, 0.2) is 0 Å². The van der Waals surface area contributed by atoms with Gasteiger partial charge in [0.2, 0.25) is 0 Å². The van der Waals surface area contributed by atoms with Crippen LogP contribution in [0.5, 0.6) is 0 Å². The van der Waals surface area contributed by atoms with Gasteiger partial charge in [-0.1, -0.05) is 0 Å². The van der Waals surface area contributed by atoms with Gasteiger partial charge in [0.05, 0.1) is 18.3 Å². The molecular formula is C32H61NO7. The van der Waals surface area contributed by atoms with Gasteiger partial charge in [0.1, 0.15) is 11.2 Å². The highest BCUT2D eigenvalue weighted by molar-refractivity contribution is 5.70. The molecule has 0 atom stereocenters. The van der Waals surface area contributed by atoms with E-state index >= 15 is 0 Å². The molecule has 0 aromatic heterocycles. The molecule has 0 aromatic rings. The van der Waals surface area contributed by atoms with Gasteiger partial charge in [-0.05, 0) is 130 Å². The highest BCUT2D eigenvalue weighted by atomic mass is 16.6. The molecule has 3 rings (SSSR count). The van der Waals surface area contributed by atoms with Crippen molar-refractivity contribution in [2.45, 2.75) is 167 Å². The lowest BCUT2D eigenvalue weighted by molar-refractivity contribution is -0.157. The topological polar surface area (TPSA) is 117 Å². The van der Waals surface area contributed by atoms with Gasteiger partial charge in [-0.3, -0.25) is 9.59 Å². The second-order valence-electron chi connectivity index (χ2n) is 13.9. The molecule has 3 N–H and O–H groups in total. The third-order valence-electron chi connectivity index (χ3n) is 7.75. The largest absolute Gasteiger partial charge is 0.460 e. The molecule has 0 heterocycles. The van der Waals surface area contributed by atoms with Gasteiger partial charge < -0.3 is 29.8 Å². The van der Waals surface area contributed by atoms with Crippen molar-refractivity contribution in [2.24, 2.45) is 17.6 Å². The minimum atomic E-state index is -0.384. The van der Waals surface area contributed by atoms with Crippen molar-refractivity contribution in [3.8, 4) is 0 Å². The van der Waals surface area contributed by atoms with Crippen LogP contribution in [-0.2, 0) is 28.5 Å². The number of aliphatic hydroxyl groups excluding tert-OH is 1. The molecule has 236 valence electrons. The first-order valence-electron chi connectivity index (χ1n) is 15.5.